The van der Waals surface area contributed by atoms with Gasteiger partial charge in [-0.2, -0.15) is 10.2 Å². The van der Waals surface area contributed by atoms with Gasteiger partial charge in [0.2, 0.25) is 0 Å². The van der Waals surface area contributed by atoms with Crippen molar-refractivity contribution < 1.29 is 9.47 Å². The highest BCUT2D eigenvalue weighted by Crippen LogP contribution is 2.44. The summed E-state index contributed by atoms with van der Waals surface area (Å²) < 4.78 is 17.6. The number of hydrogen-bond donors (Lipinski definition) is 0. The van der Waals surface area contributed by atoms with Crippen LogP contribution in [-0.2, 0) is 23.5 Å². The maximum atomic E-state index is 12.8. The number of aromatic nitrogens is 6. The lowest BCUT2D eigenvalue weighted by Crippen LogP contribution is -2.46. The topological polar surface area (TPSA) is 95.5 Å². The first-order valence-electron chi connectivity index (χ1n) is 15.8. The molecule has 0 amide bonds. The van der Waals surface area contributed by atoms with Gasteiger partial charge in [-0.3, -0.25) is 0 Å². The monoisotopic (exact) mass is 674 g/mol. The van der Waals surface area contributed by atoms with Gasteiger partial charge < -0.3 is 19.3 Å². The average Bonchev–Trinajstić information content (AvgIpc) is 3.84. The lowest BCUT2D eigenvalue weighted by molar-refractivity contribution is -0.0807. The number of piperazine rings is 1. The van der Waals surface area contributed by atoms with Crippen molar-refractivity contribution in [1.29, 1.82) is 0 Å². The summed E-state index contributed by atoms with van der Waals surface area (Å²) >= 11 is 13.0. The van der Waals surface area contributed by atoms with Crippen LogP contribution in [0.1, 0.15) is 37.4 Å². The smallest absolute Gasteiger partial charge is 0.350 e. The average molecular weight is 676 g/mol. The number of anilines is 2. The molecule has 2 unspecified atom stereocenters. The predicted octanol–water partition coefficient (Wildman–Crippen LogP) is 5.73. The minimum absolute atomic E-state index is 0.0658. The van der Waals surface area contributed by atoms with Crippen molar-refractivity contribution in [2.24, 2.45) is 0 Å². The molecule has 0 N–H and O–H groups in total. The Morgan fingerprint density at radius 3 is 2.21 bits per heavy atom. The molecule has 1 fully saturated rings. The summed E-state index contributed by atoms with van der Waals surface area (Å²) in [6.45, 7) is 8.61. The summed E-state index contributed by atoms with van der Waals surface area (Å²) in [5.41, 5.74) is 3.95. The first-order valence-corrected chi connectivity index (χ1v) is 16.5. The number of rotatable bonds is 10. The van der Waals surface area contributed by atoms with E-state index >= 15 is 0 Å². The molecule has 7 rings (SSSR count). The van der Waals surface area contributed by atoms with Crippen molar-refractivity contribution in [3.05, 3.63) is 111 Å². The van der Waals surface area contributed by atoms with E-state index in [1.807, 2.05) is 44.2 Å². The molecule has 3 aromatic carbocycles. The molecule has 2 atom stereocenters. The van der Waals surface area contributed by atoms with Crippen molar-refractivity contribution >= 4 is 34.6 Å². The van der Waals surface area contributed by atoms with Crippen LogP contribution in [0.25, 0.3) is 5.69 Å². The maximum Gasteiger partial charge on any atom is 0.350 e. The van der Waals surface area contributed by atoms with Gasteiger partial charge in [-0.15, -0.1) is 0 Å². The van der Waals surface area contributed by atoms with Crippen LogP contribution in [-0.4, -0.2) is 61.9 Å². The van der Waals surface area contributed by atoms with E-state index < -0.39 is 5.60 Å². The fourth-order valence-electron chi connectivity index (χ4n) is 6.37. The molecule has 11 nitrogen and oxygen atoms in total. The Hall–Kier alpha value is -4.32. The number of hydrogen-bond acceptors (Lipinski definition) is 8. The van der Waals surface area contributed by atoms with Gasteiger partial charge >= 0.3 is 5.69 Å². The van der Waals surface area contributed by atoms with Crippen molar-refractivity contribution in [3.8, 4) is 11.4 Å². The molecular formula is C34H36Cl2N8O3. The van der Waals surface area contributed by atoms with E-state index in [2.05, 4.69) is 49.2 Å². The van der Waals surface area contributed by atoms with Crippen LogP contribution in [0.15, 0.2) is 84.4 Å². The van der Waals surface area contributed by atoms with Crippen molar-refractivity contribution in [2.45, 2.75) is 45.1 Å². The fraction of sp³-hybridized carbons (Fsp3) is 0.353. The van der Waals surface area contributed by atoms with E-state index in [0.717, 1.165) is 66.5 Å². The third-order valence-corrected chi connectivity index (χ3v) is 9.65. The largest absolute Gasteiger partial charge is 0.490 e. The maximum absolute atomic E-state index is 12.8. The molecule has 2 aromatic heterocycles. The summed E-state index contributed by atoms with van der Waals surface area (Å²) in [4.78, 5) is 21.6. The van der Waals surface area contributed by atoms with E-state index in [1.165, 1.54) is 6.33 Å². The van der Waals surface area contributed by atoms with Crippen LogP contribution in [0, 0.1) is 0 Å². The molecule has 0 aliphatic carbocycles. The minimum atomic E-state index is -0.844. The number of halogens is 2. The second-order valence-electron chi connectivity index (χ2n) is 12.1. The van der Waals surface area contributed by atoms with Gasteiger partial charge in [-0.1, -0.05) is 30.1 Å². The Morgan fingerprint density at radius 2 is 1.57 bits per heavy atom. The highest BCUT2D eigenvalue weighted by Gasteiger charge is 2.44. The zero-order valence-corrected chi connectivity index (χ0v) is 27.8. The Labute approximate surface area is 282 Å². The second-order valence-corrected chi connectivity index (χ2v) is 12.9. The highest BCUT2D eigenvalue weighted by molar-refractivity contribution is 6.35. The van der Waals surface area contributed by atoms with Gasteiger partial charge in [0, 0.05) is 53.2 Å². The molecule has 0 saturated carbocycles. The lowest BCUT2D eigenvalue weighted by Gasteiger charge is -2.37. The molecule has 0 radical (unpaired) electrons. The number of ether oxygens (including phenoxy) is 2. The van der Waals surface area contributed by atoms with Crippen molar-refractivity contribution in [2.75, 3.05) is 42.6 Å². The van der Waals surface area contributed by atoms with E-state index in [0.29, 0.717) is 23.2 Å². The molecule has 2 aliphatic rings. The molecule has 5 aromatic rings. The third kappa shape index (κ3) is 6.22. The highest BCUT2D eigenvalue weighted by atomic mass is 35.5. The molecule has 244 valence electrons. The van der Waals surface area contributed by atoms with Crippen LogP contribution in [0.2, 0.25) is 10.0 Å². The first kappa shape index (κ1) is 31.3. The molecule has 2 aliphatic heterocycles. The minimum Gasteiger partial charge on any atom is -0.490 e. The van der Waals surface area contributed by atoms with Crippen molar-refractivity contribution in [3.63, 3.8) is 0 Å². The molecule has 0 bridgehead atoms. The van der Waals surface area contributed by atoms with Gasteiger partial charge in [-0.05, 0) is 79.6 Å². The zero-order chi connectivity index (χ0) is 32.5. The Kier molecular flexibility index (Phi) is 8.69. The van der Waals surface area contributed by atoms with E-state index in [-0.39, 0.29) is 18.3 Å². The second kappa shape index (κ2) is 13.1. The summed E-state index contributed by atoms with van der Waals surface area (Å²) in [5.74, 6) is 0.737. The molecule has 13 heteroatoms. The Morgan fingerprint density at radius 1 is 0.915 bits per heavy atom. The molecule has 0 spiro atoms. The van der Waals surface area contributed by atoms with Gasteiger partial charge in [-0.25, -0.2) is 23.7 Å². The fourth-order valence-corrected chi connectivity index (χ4v) is 7.08. The molecule has 4 heterocycles. The zero-order valence-electron chi connectivity index (χ0n) is 26.3. The van der Waals surface area contributed by atoms with Crippen LogP contribution in [0.4, 0.5) is 11.4 Å². The molecule has 47 heavy (non-hydrogen) atoms. The molecular weight excluding hydrogens is 639 g/mol. The Balaban J connectivity index is 0.978. The number of fused-ring (bicyclic) bond motifs is 1. The predicted molar refractivity (Wildman–Crippen MR) is 182 cm³/mol. The quantitative estimate of drug-likeness (QED) is 0.185. The van der Waals surface area contributed by atoms with Gasteiger partial charge in [0.05, 0.1) is 24.9 Å². The summed E-state index contributed by atoms with van der Waals surface area (Å²) in [5, 5.41) is 9.71. The first-order chi connectivity index (χ1) is 22.8. The van der Waals surface area contributed by atoms with E-state index in [9.17, 15) is 4.79 Å². The summed E-state index contributed by atoms with van der Waals surface area (Å²) in [6.07, 6.45) is 5.60. The number of benzene rings is 3. The van der Waals surface area contributed by atoms with Gasteiger partial charge in [0.1, 0.15) is 36.9 Å². The lowest BCUT2D eigenvalue weighted by atomic mass is 9.92. The van der Waals surface area contributed by atoms with Crippen LogP contribution >= 0.6 is 23.2 Å². The van der Waals surface area contributed by atoms with Gasteiger partial charge in [0.15, 0.2) is 0 Å². The van der Waals surface area contributed by atoms with E-state index in [4.69, 9.17) is 32.7 Å². The van der Waals surface area contributed by atoms with Crippen LogP contribution in [0.5, 0.6) is 5.75 Å². The van der Waals surface area contributed by atoms with Crippen molar-refractivity contribution in [1.82, 2.24) is 29.1 Å². The van der Waals surface area contributed by atoms with Crippen LogP contribution < -0.4 is 20.2 Å². The number of nitrogens with zero attached hydrogens (tertiary/aromatic N) is 8. The van der Waals surface area contributed by atoms with Crippen LogP contribution in [0.3, 0.4) is 0 Å². The SMILES string of the molecule is CCC(C)n1ncn(-c2ccc(N3CCN(c4ccc(OCC5(Cn6cncn6)OCc6cc(Cl)cc(Cl)c65)cc4)CC3)cc2)c1=O. The standard InChI is InChI=1S/C34H36Cl2N8O3/c1-3-24(2)44-33(45)43(23-39-44)29-6-4-27(5-7-29)40-12-14-41(15-13-40)28-8-10-30(11-9-28)46-20-34(19-42-22-37-21-38-42)32-25(18-47-34)16-26(35)17-31(32)36/h4-11,16-17,21-24H,3,12-15,18-20H2,1-2H3. The molecule has 1 saturated heterocycles. The van der Waals surface area contributed by atoms with E-state index in [1.54, 1.807) is 32.7 Å². The third-order valence-electron chi connectivity index (χ3n) is 9.13. The summed E-state index contributed by atoms with van der Waals surface area (Å²) in [7, 11) is 0. The van der Waals surface area contributed by atoms with Gasteiger partial charge in [0.25, 0.3) is 0 Å². The Bertz CT molecular complexity index is 1880. The summed E-state index contributed by atoms with van der Waals surface area (Å²) in [6, 6.07) is 20.0. The normalized spacial score (nSPS) is 18.4.